The van der Waals surface area contributed by atoms with Crippen molar-refractivity contribution in [2.45, 2.75) is 17.5 Å². The van der Waals surface area contributed by atoms with Gasteiger partial charge in [-0.15, -0.1) is 0 Å². The Morgan fingerprint density at radius 2 is 1.55 bits per heavy atom. The largest absolute Gasteiger partial charge is 0.493 e. The summed E-state index contributed by atoms with van der Waals surface area (Å²) in [7, 11) is -2.25. The second-order valence-electron chi connectivity index (χ2n) is 9.73. The molecule has 9 heteroatoms. The van der Waals surface area contributed by atoms with Crippen molar-refractivity contribution in [3.05, 3.63) is 132 Å². The van der Waals surface area contributed by atoms with Crippen LogP contribution in [0.5, 0.6) is 11.5 Å². The lowest BCUT2D eigenvalue weighted by molar-refractivity contribution is 0.284. The van der Waals surface area contributed by atoms with Gasteiger partial charge < -0.3 is 20.5 Å². The maximum Gasteiger partial charge on any atom is 0.240 e. The number of nitrogen functional groups attached to an aromatic ring is 1. The summed E-state index contributed by atoms with van der Waals surface area (Å²) in [4.78, 5) is 0.188. The van der Waals surface area contributed by atoms with Crippen LogP contribution in [0.15, 0.2) is 120 Å². The fraction of sp³-hybridized carbons (Fsp3) is 0.121. The van der Waals surface area contributed by atoms with Crippen molar-refractivity contribution in [2.75, 3.05) is 19.0 Å². The van der Waals surface area contributed by atoms with E-state index in [0.29, 0.717) is 23.7 Å². The Morgan fingerprint density at radius 1 is 0.833 bits per heavy atom. The Balaban J connectivity index is 1.40. The van der Waals surface area contributed by atoms with Crippen LogP contribution in [0.4, 0.5) is 5.69 Å². The predicted octanol–water partition coefficient (Wildman–Crippen LogP) is 5.84. The number of hydrogen-bond acceptors (Lipinski definition) is 6. The molecule has 0 aliphatic heterocycles. The number of benzene rings is 5. The number of nitrogens with one attached hydrogen (secondary N) is 3. The topological polar surface area (TPSA) is 127 Å². The molecule has 5 N–H and O–H groups in total. The number of rotatable bonds is 12. The normalized spacial score (nSPS) is 12.0. The average molecular weight is 581 g/mol. The maximum atomic E-state index is 13.4. The Kier molecular flexibility index (Phi) is 8.71. The van der Waals surface area contributed by atoms with E-state index in [1.54, 1.807) is 49.6 Å². The van der Waals surface area contributed by atoms with Crippen LogP contribution in [0.2, 0.25) is 0 Å². The molecular weight excluding hydrogens is 548 g/mol. The summed E-state index contributed by atoms with van der Waals surface area (Å²) in [6.45, 7) is 0.434. The molecule has 1 atom stereocenters. The molecule has 5 aromatic carbocycles. The molecule has 0 fully saturated rings. The number of amidine groups is 1. The molecule has 0 amide bonds. The van der Waals surface area contributed by atoms with Crippen LogP contribution in [-0.4, -0.2) is 27.9 Å². The molecule has 0 saturated carbocycles. The molecule has 0 heterocycles. The van der Waals surface area contributed by atoms with Crippen molar-refractivity contribution < 1.29 is 17.9 Å². The number of methoxy groups -OCH3 is 1. The number of hydrogen-bond donors (Lipinski definition) is 4. The molecule has 0 aliphatic carbocycles. The Morgan fingerprint density at radius 3 is 2.26 bits per heavy atom. The molecule has 0 bridgehead atoms. The molecule has 0 aromatic heterocycles. The lowest BCUT2D eigenvalue weighted by atomic mass is 10.1. The molecule has 214 valence electrons. The summed E-state index contributed by atoms with van der Waals surface area (Å²) in [6, 6.07) is 34.7. The Labute approximate surface area is 245 Å². The molecule has 5 rings (SSSR count). The van der Waals surface area contributed by atoms with E-state index in [1.807, 2.05) is 72.8 Å². The van der Waals surface area contributed by atoms with Crippen LogP contribution in [0.3, 0.4) is 0 Å². The van der Waals surface area contributed by atoms with Crippen molar-refractivity contribution in [1.82, 2.24) is 4.72 Å². The van der Waals surface area contributed by atoms with Gasteiger partial charge in [0.15, 0.2) is 11.5 Å². The standard InChI is InChI=1S/C33H32N4O4S/c1-40-32-20-27(14-18-31(32)41-22-23-7-3-2-4-8-23)30(37-28-15-11-25(12-16-28)33(34)35)21-36-42(38,39)29-17-13-24-9-5-6-10-26(24)19-29/h2-20,30,36-37H,21-22H2,1H3,(H3,34,35). The predicted molar refractivity (Wildman–Crippen MR) is 167 cm³/mol. The van der Waals surface area contributed by atoms with Crippen molar-refractivity contribution in [3.63, 3.8) is 0 Å². The van der Waals surface area contributed by atoms with Gasteiger partial charge in [0.2, 0.25) is 10.0 Å². The molecule has 8 nitrogen and oxygen atoms in total. The molecule has 0 saturated heterocycles. The first kappa shape index (κ1) is 28.7. The molecule has 0 radical (unpaired) electrons. The summed E-state index contributed by atoms with van der Waals surface area (Å²) < 4.78 is 41.2. The zero-order valence-corrected chi connectivity index (χ0v) is 23.9. The summed E-state index contributed by atoms with van der Waals surface area (Å²) >= 11 is 0. The van der Waals surface area contributed by atoms with Gasteiger partial charge in [-0.05, 0) is 70.4 Å². The van der Waals surface area contributed by atoms with Crippen molar-refractivity contribution >= 4 is 32.3 Å². The zero-order valence-electron chi connectivity index (χ0n) is 23.1. The van der Waals surface area contributed by atoms with Gasteiger partial charge in [-0.3, -0.25) is 5.41 Å². The van der Waals surface area contributed by atoms with E-state index in [0.717, 1.165) is 27.6 Å². The van der Waals surface area contributed by atoms with Crippen molar-refractivity contribution in [3.8, 4) is 11.5 Å². The Hall–Kier alpha value is -4.86. The zero-order chi connectivity index (χ0) is 29.5. The molecule has 5 aromatic rings. The first-order valence-corrected chi connectivity index (χ1v) is 14.8. The lowest BCUT2D eigenvalue weighted by Gasteiger charge is -2.23. The van der Waals surface area contributed by atoms with Crippen LogP contribution < -0.4 is 25.2 Å². The number of ether oxygens (including phenoxy) is 2. The highest BCUT2D eigenvalue weighted by atomic mass is 32.2. The molecule has 1 unspecified atom stereocenters. The van der Waals surface area contributed by atoms with Gasteiger partial charge in [0.1, 0.15) is 12.4 Å². The first-order chi connectivity index (χ1) is 20.3. The third-order valence-electron chi connectivity index (χ3n) is 6.87. The molecule has 0 spiro atoms. The number of fused-ring (bicyclic) bond motifs is 1. The smallest absolute Gasteiger partial charge is 0.240 e. The molecular formula is C33H32N4O4S. The van der Waals surface area contributed by atoms with E-state index in [2.05, 4.69) is 10.0 Å². The fourth-order valence-corrected chi connectivity index (χ4v) is 5.65. The number of sulfonamides is 1. The van der Waals surface area contributed by atoms with E-state index in [-0.39, 0.29) is 17.3 Å². The van der Waals surface area contributed by atoms with E-state index in [9.17, 15) is 8.42 Å². The monoisotopic (exact) mass is 580 g/mol. The number of anilines is 1. The average Bonchev–Trinajstić information content (AvgIpc) is 3.02. The minimum atomic E-state index is -3.82. The van der Waals surface area contributed by atoms with Gasteiger partial charge in [0.05, 0.1) is 18.0 Å². The van der Waals surface area contributed by atoms with Gasteiger partial charge in [0.25, 0.3) is 0 Å². The van der Waals surface area contributed by atoms with E-state index in [4.69, 9.17) is 20.6 Å². The third kappa shape index (κ3) is 6.88. The molecule has 42 heavy (non-hydrogen) atoms. The second-order valence-corrected chi connectivity index (χ2v) is 11.5. The van der Waals surface area contributed by atoms with E-state index >= 15 is 0 Å². The van der Waals surface area contributed by atoms with Gasteiger partial charge in [-0.2, -0.15) is 0 Å². The van der Waals surface area contributed by atoms with E-state index in [1.165, 1.54) is 0 Å². The minimum absolute atomic E-state index is 0.0305. The Bertz CT molecular complexity index is 1790. The highest BCUT2D eigenvalue weighted by Crippen LogP contribution is 2.32. The highest BCUT2D eigenvalue weighted by molar-refractivity contribution is 7.89. The summed E-state index contributed by atoms with van der Waals surface area (Å²) in [5.74, 6) is 1.07. The summed E-state index contributed by atoms with van der Waals surface area (Å²) in [6.07, 6.45) is 0. The van der Waals surface area contributed by atoms with Gasteiger partial charge in [-0.25, -0.2) is 13.1 Å². The minimum Gasteiger partial charge on any atom is -0.493 e. The van der Waals surface area contributed by atoms with Crippen LogP contribution in [0, 0.1) is 5.41 Å². The third-order valence-corrected chi connectivity index (χ3v) is 8.29. The lowest BCUT2D eigenvalue weighted by Crippen LogP contribution is -2.31. The van der Waals surface area contributed by atoms with Crippen molar-refractivity contribution in [2.24, 2.45) is 5.73 Å². The maximum absolute atomic E-state index is 13.4. The SMILES string of the molecule is COc1cc(C(CNS(=O)(=O)c2ccc3ccccc3c2)Nc2ccc(C(=N)N)cc2)ccc1OCc1ccccc1. The quantitative estimate of drug-likeness (QED) is 0.108. The van der Waals surface area contributed by atoms with E-state index < -0.39 is 16.1 Å². The fourth-order valence-electron chi connectivity index (χ4n) is 4.57. The highest BCUT2D eigenvalue weighted by Gasteiger charge is 2.20. The van der Waals surface area contributed by atoms with Crippen LogP contribution in [0.25, 0.3) is 10.8 Å². The summed E-state index contributed by atoms with van der Waals surface area (Å²) in [5.41, 5.74) is 8.75. The first-order valence-electron chi connectivity index (χ1n) is 13.4. The van der Waals surface area contributed by atoms with Crippen LogP contribution in [0.1, 0.15) is 22.7 Å². The van der Waals surface area contributed by atoms with Crippen LogP contribution >= 0.6 is 0 Å². The van der Waals surface area contributed by atoms with Gasteiger partial charge >= 0.3 is 0 Å². The summed E-state index contributed by atoms with van der Waals surface area (Å²) in [5, 5.41) is 12.9. The van der Waals surface area contributed by atoms with Gasteiger partial charge in [0, 0.05) is 17.8 Å². The molecule has 0 aliphatic rings. The van der Waals surface area contributed by atoms with Crippen LogP contribution in [-0.2, 0) is 16.6 Å². The second kappa shape index (κ2) is 12.8. The van der Waals surface area contributed by atoms with Crippen molar-refractivity contribution in [1.29, 1.82) is 5.41 Å². The van der Waals surface area contributed by atoms with Gasteiger partial charge in [-0.1, -0.05) is 66.7 Å². The number of nitrogens with two attached hydrogens (primary N) is 1.